The molecule has 0 aromatic heterocycles. The van der Waals surface area contributed by atoms with Crippen molar-refractivity contribution in [2.24, 2.45) is 0 Å². The second-order valence-electron chi connectivity index (χ2n) is 3.25. The molecule has 0 aliphatic heterocycles. The van der Waals surface area contributed by atoms with E-state index in [1.54, 1.807) is 0 Å². The summed E-state index contributed by atoms with van der Waals surface area (Å²) in [7, 11) is 0. The number of hydrogen-bond donors (Lipinski definition) is 1. The summed E-state index contributed by atoms with van der Waals surface area (Å²) in [6, 6.07) is 11.5. The van der Waals surface area contributed by atoms with Gasteiger partial charge >= 0.3 is 0 Å². The summed E-state index contributed by atoms with van der Waals surface area (Å²) >= 11 is 0. The van der Waals surface area contributed by atoms with Gasteiger partial charge in [-0.15, -0.1) is 0 Å². The molecular formula is C12H14N2O. The van der Waals surface area contributed by atoms with Crippen molar-refractivity contribution in [2.45, 2.75) is 19.3 Å². The molecule has 3 heteroatoms. The van der Waals surface area contributed by atoms with Gasteiger partial charge in [0.05, 0.1) is 12.0 Å². The van der Waals surface area contributed by atoms with E-state index in [2.05, 4.69) is 5.32 Å². The smallest absolute Gasteiger partial charge is 0.228 e. The predicted octanol–water partition coefficient (Wildman–Crippen LogP) is 1.82. The first-order valence-corrected chi connectivity index (χ1v) is 4.99. The lowest BCUT2D eigenvalue weighted by molar-refractivity contribution is -0.122. The van der Waals surface area contributed by atoms with Gasteiger partial charge in [-0.2, -0.15) is 5.26 Å². The van der Waals surface area contributed by atoms with Crippen molar-refractivity contribution in [3.05, 3.63) is 35.9 Å². The van der Waals surface area contributed by atoms with Gasteiger partial charge in [-0.3, -0.25) is 4.79 Å². The maximum atomic E-state index is 11.7. The minimum atomic E-state index is -0.153. The molecule has 78 valence electrons. The summed E-state index contributed by atoms with van der Waals surface area (Å²) in [5.41, 5.74) is 0.996. The van der Waals surface area contributed by atoms with Crippen LogP contribution in [0, 0.1) is 11.3 Å². The van der Waals surface area contributed by atoms with Crippen molar-refractivity contribution in [2.75, 3.05) is 6.54 Å². The molecule has 1 unspecified atom stereocenters. The van der Waals surface area contributed by atoms with Gasteiger partial charge in [0.1, 0.15) is 6.54 Å². The Hall–Kier alpha value is -1.82. The van der Waals surface area contributed by atoms with Crippen LogP contribution in [0.2, 0.25) is 0 Å². The molecule has 0 saturated carbocycles. The summed E-state index contributed by atoms with van der Waals surface area (Å²) in [6.45, 7) is 2.03. The standard InChI is InChI=1S/C12H14N2O/c1-2-11(12(15)14-9-8-13)10-6-4-3-5-7-10/h3-7,11H,2,9H2,1H3,(H,14,15). The molecule has 1 rings (SSSR count). The normalized spacial score (nSPS) is 11.5. The summed E-state index contributed by atoms with van der Waals surface area (Å²) < 4.78 is 0. The fourth-order valence-electron chi connectivity index (χ4n) is 1.51. The second-order valence-corrected chi connectivity index (χ2v) is 3.25. The highest BCUT2D eigenvalue weighted by Gasteiger charge is 2.17. The highest BCUT2D eigenvalue weighted by Crippen LogP contribution is 2.18. The number of nitriles is 1. The molecule has 1 atom stereocenters. The fraction of sp³-hybridized carbons (Fsp3) is 0.333. The van der Waals surface area contributed by atoms with Crippen LogP contribution >= 0.6 is 0 Å². The Bertz CT molecular complexity index is 354. The van der Waals surface area contributed by atoms with Crippen LogP contribution in [0.4, 0.5) is 0 Å². The third-order valence-corrected chi connectivity index (χ3v) is 2.27. The Labute approximate surface area is 89.7 Å². The number of carbonyl (C=O) groups excluding carboxylic acids is 1. The Morgan fingerprint density at radius 1 is 1.47 bits per heavy atom. The van der Waals surface area contributed by atoms with E-state index in [0.29, 0.717) is 0 Å². The first-order chi connectivity index (χ1) is 7.29. The van der Waals surface area contributed by atoms with Crippen molar-refractivity contribution < 1.29 is 4.79 Å². The highest BCUT2D eigenvalue weighted by atomic mass is 16.1. The van der Waals surface area contributed by atoms with Crippen molar-refractivity contribution in [3.63, 3.8) is 0 Å². The van der Waals surface area contributed by atoms with Gasteiger partial charge in [0.2, 0.25) is 5.91 Å². The largest absolute Gasteiger partial charge is 0.342 e. The van der Waals surface area contributed by atoms with E-state index in [1.807, 2.05) is 43.3 Å². The summed E-state index contributed by atoms with van der Waals surface area (Å²) in [4.78, 5) is 11.7. The lowest BCUT2D eigenvalue weighted by atomic mass is 9.96. The maximum Gasteiger partial charge on any atom is 0.228 e. The Morgan fingerprint density at radius 3 is 2.67 bits per heavy atom. The molecule has 0 bridgehead atoms. The quantitative estimate of drug-likeness (QED) is 0.757. The SMILES string of the molecule is CCC(C(=O)NCC#N)c1ccccc1. The molecule has 0 saturated heterocycles. The monoisotopic (exact) mass is 202 g/mol. The Balaban J connectivity index is 2.72. The van der Waals surface area contributed by atoms with Gasteiger partial charge in [0, 0.05) is 0 Å². The molecule has 0 radical (unpaired) electrons. The van der Waals surface area contributed by atoms with Crippen LogP contribution in [0.1, 0.15) is 24.8 Å². The summed E-state index contributed by atoms with van der Waals surface area (Å²) in [5, 5.41) is 11.0. The van der Waals surface area contributed by atoms with E-state index in [-0.39, 0.29) is 18.4 Å². The molecule has 0 heterocycles. The molecule has 0 aliphatic rings. The maximum absolute atomic E-state index is 11.7. The average Bonchev–Trinajstić information content (AvgIpc) is 2.29. The minimum Gasteiger partial charge on any atom is -0.342 e. The van der Waals surface area contributed by atoms with E-state index in [0.717, 1.165) is 12.0 Å². The van der Waals surface area contributed by atoms with Crippen LogP contribution in [0.5, 0.6) is 0 Å². The Kier molecular flexibility index (Phi) is 4.36. The van der Waals surface area contributed by atoms with Crippen molar-refractivity contribution in [3.8, 4) is 6.07 Å². The molecule has 1 N–H and O–H groups in total. The van der Waals surface area contributed by atoms with E-state index in [1.165, 1.54) is 0 Å². The number of rotatable bonds is 4. The van der Waals surface area contributed by atoms with Crippen molar-refractivity contribution >= 4 is 5.91 Å². The first-order valence-electron chi connectivity index (χ1n) is 4.99. The zero-order valence-corrected chi connectivity index (χ0v) is 8.73. The lowest BCUT2D eigenvalue weighted by Crippen LogP contribution is -2.29. The van der Waals surface area contributed by atoms with Crippen LogP contribution in [0.3, 0.4) is 0 Å². The zero-order chi connectivity index (χ0) is 11.1. The molecule has 0 fully saturated rings. The summed E-state index contributed by atoms with van der Waals surface area (Å²) in [6.07, 6.45) is 0.737. The van der Waals surface area contributed by atoms with E-state index >= 15 is 0 Å². The van der Waals surface area contributed by atoms with Gasteiger partial charge in [-0.25, -0.2) is 0 Å². The second kappa shape index (κ2) is 5.82. The number of carbonyl (C=O) groups is 1. The molecule has 0 aliphatic carbocycles. The summed E-state index contributed by atoms with van der Waals surface area (Å²) in [5.74, 6) is -0.232. The van der Waals surface area contributed by atoms with Crippen LogP contribution in [-0.2, 0) is 4.79 Å². The molecule has 0 spiro atoms. The molecule has 1 aromatic carbocycles. The van der Waals surface area contributed by atoms with Crippen LogP contribution in [-0.4, -0.2) is 12.5 Å². The number of benzene rings is 1. The predicted molar refractivity (Wildman–Crippen MR) is 58.1 cm³/mol. The van der Waals surface area contributed by atoms with Gasteiger partial charge in [-0.05, 0) is 12.0 Å². The van der Waals surface area contributed by atoms with Crippen LogP contribution < -0.4 is 5.32 Å². The highest BCUT2D eigenvalue weighted by molar-refractivity contribution is 5.83. The number of amides is 1. The lowest BCUT2D eigenvalue weighted by Gasteiger charge is -2.13. The van der Waals surface area contributed by atoms with Gasteiger partial charge in [0.15, 0.2) is 0 Å². The molecular weight excluding hydrogens is 188 g/mol. The average molecular weight is 202 g/mol. The third kappa shape index (κ3) is 3.10. The number of nitrogens with one attached hydrogen (secondary N) is 1. The van der Waals surface area contributed by atoms with Gasteiger partial charge in [-0.1, -0.05) is 37.3 Å². The fourth-order valence-corrected chi connectivity index (χ4v) is 1.51. The van der Waals surface area contributed by atoms with Crippen LogP contribution in [0.25, 0.3) is 0 Å². The minimum absolute atomic E-state index is 0.0716. The van der Waals surface area contributed by atoms with E-state index in [4.69, 9.17) is 5.26 Å². The molecule has 1 aromatic rings. The number of nitrogens with zero attached hydrogens (tertiary/aromatic N) is 1. The van der Waals surface area contributed by atoms with Crippen molar-refractivity contribution in [1.82, 2.24) is 5.32 Å². The third-order valence-electron chi connectivity index (χ3n) is 2.27. The van der Waals surface area contributed by atoms with Crippen LogP contribution in [0.15, 0.2) is 30.3 Å². The Morgan fingerprint density at radius 2 is 2.13 bits per heavy atom. The zero-order valence-electron chi connectivity index (χ0n) is 8.73. The van der Waals surface area contributed by atoms with Gasteiger partial charge < -0.3 is 5.32 Å². The molecule has 3 nitrogen and oxygen atoms in total. The van der Waals surface area contributed by atoms with E-state index in [9.17, 15) is 4.79 Å². The van der Waals surface area contributed by atoms with Gasteiger partial charge in [0.25, 0.3) is 0 Å². The topological polar surface area (TPSA) is 52.9 Å². The van der Waals surface area contributed by atoms with Crippen molar-refractivity contribution in [1.29, 1.82) is 5.26 Å². The number of hydrogen-bond acceptors (Lipinski definition) is 2. The molecule has 1 amide bonds. The first kappa shape index (κ1) is 11.3. The van der Waals surface area contributed by atoms with E-state index < -0.39 is 0 Å². The molecule has 15 heavy (non-hydrogen) atoms.